The number of rotatable bonds is 6. The van der Waals surface area contributed by atoms with Crippen molar-refractivity contribution in [2.24, 2.45) is 0 Å². The molecular formula is C22H25BrN2O3. The molecule has 0 aliphatic carbocycles. The number of aryl methyl sites for hydroxylation is 2. The van der Waals surface area contributed by atoms with Gasteiger partial charge < -0.3 is 15.0 Å². The standard InChI is InChI=1S/C22H25BrN2O3/c1-15-6-5-7-18(21(15)22(27)25-12-3-4-13-25)24-20(26)11-9-16-8-10-19(28-2)17(23)14-16/h5-8,10,14H,3-4,9,11-13H2,1-2H3,(H,24,26). The molecule has 0 atom stereocenters. The monoisotopic (exact) mass is 444 g/mol. The topological polar surface area (TPSA) is 58.6 Å². The highest BCUT2D eigenvalue weighted by atomic mass is 79.9. The molecule has 0 bridgehead atoms. The Hall–Kier alpha value is -2.34. The number of nitrogens with one attached hydrogen (secondary N) is 1. The lowest BCUT2D eigenvalue weighted by Crippen LogP contribution is -2.29. The highest BCUT2D eigenvalue weighted by Gasteiger charge is 2.24. The lowest BCUT2D eigenvalue weighted by molar-refractivity contribution is -0.116. The molecule has 2 aromatic carbocycles. The average Bonchev–Trinajstić information content (AvgIpc) is 3.21. The van der Waals surface area contributed by atoms with Gasteiger partial charge in [-0.15, -0.1) is 0 Å². The van der Waals surface area contributed by atoms with Crippen molar-refractivity contribution in [3.8, 4) is 5.75 Å². The molecule has 1 heterocycles. The second kappa shape index (κ2) is 9.24. The molecule has 148 valence electrons. The van der Waals surface area contributed by atoms with Crippen LogP contribution in [0.2, 0.25) is 0 Å². The maximum absolute atomic E-state index is 12.9. The van der Waals surface area contributed by atoms with Crippen molar-refractivity contribution in [1.29, 1.82) is 0 Å². The molecule has 1 aliphatic heterocycles. The third-order valence-corrected chi connectivity index (χ3v) is 5.63. The molecule has 0 aromatic heterocycles. The predicted octanol–water partition coefficient (Wildman–Crippen LogP) is 4.57. The summed E-state index contributed by atoms with van der Waals surface area (Å²) in [6.45, 7) is 3.48. The first-order valence-electron chi connectivity index (χ1n) is 9.50. The van der Waals surface area contributed by atoms with Gasteiger partial charge in [0.2, 0.25) is 5.91 Å². The third-order valence-electron chi connectivity index (χ3n) is 5.01. The molecule has 0 radical (unpaired) electrons. The maximum atomic E-state index is 12.9. The average molecular weight is 445 g/mol. The molecule has 6 heteroatoms. The first-order chi connectivity index (χ1) is 13.5. The van der Waals surface area contributed by atoms with Crippen LogP contribution in [0.3, 0.4) is 0 Å². The van der Waals surface area contributed by atoms with E-state index in [1.165, 1.54) is 0 Å². The molecular weight excluding hydrogens is 420 g/mol. The van der Waals surface area contributed by atoms with Crippen LogP contribution in [0.25, 0.3) is 0 Å². The van der Waals surface area contributed by atoms with Crippen molar-refractivity contribution >= 4 is 33.4 Å². The van der Waals surface area contributed by atoms with Crippen LogP contribution >= 0.6 is 15.9 Å². The molecule has 28 heavy (non-hydrogen) atoms. The van der Waals surface area contributed by atoms with Crippen molar-refractivity contribution < 1.29 is 14.3 Å². The van der Waals surface area contributed by atoms with E-state index < -0.39 is 0 Å². The van der Waals surface area contributed by atoms with Crippen LogP contribution < -0.4 is 10.1 Å². The molecule has 1 aliphatic rings. The Bertz CT molecular complexity index is 876. The summed E-state index contributed by atoms with van der Waals surface area (Å²) < 4.78 is 6.10. The van der Waals surface area contributed by atoms with Crippen molar-refractivity contribution in [2.45, 2.75) is 32.6 Å². The van der Waals surface area contributed by atoms with Gasteiger partial charge in [0.15, 0.2) is 0 Å². The highest BCUT2D eigenvalue weighted by molar-refractivity contribution is 9.10. The molecule has 1 fully saturated rings. The van der Waals surface area contributed by atoms with Gasteiger partial charge in [-0.25, -0.2) is 0 Å². The van der Waals surface area contributed by atoms with E-state index in [2.05, 4.69) is 21.2 Å². The number of methoxy groups -OCH3 is 1. The number of benzene rings is 2. The molecule has 0 saturated carbocycles. The van der Waals surface area contributed by atoms with Gasteiger partial charge in [0.1, 0.15) is 5.75 Å². The smallest absolute Gasteiger partial charge is 0.256 e. The second-order valence-electron chi connectivity index (χ2n) is 7.01. The summed E-state index contributed by atoms with van der Waals surface area (Å²) in [6.07, 6.45) is 3.02. The molecule has 1 N–H and O–H groups in total. The number of anilines is 1. The van der Waals surface area contributed by atoms with Crippen LogP contribution in [-0.2, 0) is 11.2 Å². The van der Waals surface area contributed by atoms with Gasteiger partial charge in [-0.05, 0) is 71.4 Å². The Labute approximate surface area is 174 Å². The lowest BCUT2D eigenvalue weighted by Gasteiger charge is -2.19. The number of ether oxygens (including phenoxy) is 1. The fourth-order valence-electron chi connectivity index (χ4n) is 3.47. The van der Waals surface area contributed by atoms with E-state index in [0.717, 1.165) is 47.3 Å². The van der Waals surface area contributed by atoms with Crippen molar-refractivity contribution in [3.05, 3.63) is 57.6 Å². The van der Waals surface area contributed by atoms with Crippen LogP contribution in [0.1, 0.15) is 40.7 Å². The molecule has 0 unspecified atom stereocenters. The number of nitrogens with zero attached hydrogens (tertiary/aromatic N) is 1. The first kappa shape index (κ1) is 20.4. The molecule has 2 aromatic rings. The summed E-state index contributed by atoms with van der Waals surface area (Å²) in [5, 5.41) is 2.94. The number of amides is 2. The van der Waals surface area contributed by atoms with Crippen LogP contribution in [0.4, 0.5) is 5.69 Å². The van der Waals surface area contributed by atoms with Crippen molar-refractivity contribution in [3.63, 3.8) is 0 Å². The van der Waals surface area contributed by atoms with E-state index in [4.69, 9.17) is 4.74 Å². The number of carbonyl (C=O) groups is 2. The quantitative estimate of drug-likeness (QED) is 0.709. The van der Waals surface area contributed by atoms with E-state index in [-0.39, 0.29) is 11.8 Å². The van der Waals surface area contributed by atoms with Gasteiger partial charge in [-0.1, -0.05) is 18.2 Å². The van der Waals surface area contributed by atoms with Crippen molar-refractivity contribution in [2.75, 3.05) is 25.5 Å². The number of hydrogen-bond acceptors (Lipinski definition) is 3. The number of carbonyl (C=O) groups excluding carboxylic acids is 2. The normalized spacial score (nSPS) is 13.5. The Morgan fingerprint density at radius 1 is 1.18 bits per heavy atom. The minimum Gasteiger partial charge on any atom is -0.496 e. The molecule has 2 amide bonds. The van der Waals surface area contributed by atoms with Gasteiger partial charge in [0.05, 0.1) is 22.8 Å². The number of halogens is 1. The minimum atomic E-state index is -0.104. The van der Waals surface area contributed by atoms with Gasteiger partial charge >= 0.3 is 0 Å². The molecule has 3 rings (SSSR count). The maximum Gasteiger partial charge on any atom is 0.256 e. The van der Waals surface area contributed by atoms with E-state index >= 15 is 0 Å². The predicted molar refractivity (Wildman–Crippen MR) is 114 cm³/mol. The summed E-state index contributed by atoms with van der Waals surface area (Å²) in [5.41, 5.74) is 3.12. The van der Waals surface area contributed by atoms with E-state index in [1.807, 2.05) is 42.2 Å². The van der Waals surface area contributed by atoms with Gasteiger partial charge in [-0.3, -0.25) is 9.59 Å². The zero-order valence-electron chi connectivity index (χ0n) is 16.3. The SMILES string of the molecule is COc1ccc(CCC(=O)Nc2cccc(C)c2C(=O)N2CCCC2)cc1Br. The van der Waals surface area contributed by atoms with Crippen LogP contribution in [0, 0.1) is 6.92 Å². The molecule has 1 saturated heterocycles. The summed E-state index contributed by atoms with van der Waals surface area (Å²) in [6, 6.07) is 11.4. The summed E-state index contributed by atoms with van der Waals surface area (Å²) in [5.74, 6) is 0.663. The number of likely N-dealkylation sites (tertiary alicyclic amines) is 1. The summed E-state index contributed by atoms with van der Waals surface area (Å²) in [7, 11) is 1.62. The van der Waals surface area contributed by atoms with Crippen LogP contribution in [-0.4, -0.2) is 36.9 Å². The Kier molecular flexibility index (Phi) is 6.73. The van der Waals surface area contributed by atoms with Crippen LogP contribution in [0.5, 0.6) is 5.75 Å². The van der Waals surface area contributed by atoms with Gasteiger partial charge in [0, 0.05) is 19.5 Å². The third kappa shape index (κ3) is 4.73. The minimum absolute atomic E-state index is 0.00462. The molecule has 0 spiro atoms. The van der Waals surface area contributed by atoms with E-state index in [0.29, 0.717) is 24.1 Å². The zero-order chi connectivity index (χ0) is 20.1. The fraction of sp³-hybridized carbons (Fsp3) is 0.364. The summed E-state index contributed by atoms with van der Waals surface area (Å²) in [4.78, 5) is 27.3. The highest BCUT2D eigenvalue weighted by Crippen LogP contribution is 2.27. The number of hydrogen-bond donors (Lipinski definition) is 1. The Morgan fingerprint density at radius 3 is 2.61 bits per heavy atom. The first-order valence-corrected chi connectivity index (χ1v) is 10.3. The van der Waals surface area contributed by atoms with Crippen molar-refractivity contribution in [1.82, 2.24) is 4.90 Å². The fourth-order valence-corrected chi connectivity index (χ4v) is 4.06. The zero-order valence-corrected chi connectivity index (χ0v) is 17.8. The summed E-state index contributed by atoms with van der Waals surface area (Å²) >= 11 is 3.47. The van der Waals surface area contributed by atoms with Gasteiger partial charge in [0.25, 0.3) is 5.91 Å². The van der Waals surface area contributed by atoms with E-state index in [1.54, 1.807) is 13.2 Å². The second-order valence-corrected chi connectivity index (χ2v) is 7.87. The Morgan fingerprint density at radius 2 is 1.93 bits per heavy atom. The van der Waals surface area contributed by atoms with Crippen LogP contribution in [0.15, 0.2) is 40.9 Å². The van der Waals surface area contributed by atoms with E-state index in [9.17, 15) is 9.59 Å². The Balaban J connectivity index is 1.68. The largest absolute Gasteiger partial charge is 0.496 e. The molecule has 5 nitrogen and oxygen atoms in total. The van der Waals surface area contributed by atoms with Gasteiger partial charge in [-0.2, -0.15) is 0 Å². The lowest BCUT2D eigenvalue weighted by atomic mass is 10.0.